The van der Waals surface area contributed by atoms with Crippen LogP contribution in [0.2, 0.25) is 0 Å². The number of rotatable bonds is 5. The number of aromatic nitrogens is 1. The molecule has 2 N–H and O–H groups in total. The quantitative estimate of drug-likeness (QED) is 0.408. The number of ketones is 1. The van der Waals surface area contributed by atoms with E-state index in [1.54, 1.807) is 11.0 Å². The zero-order valence-corrected chi connectivity index (χ0v) is 21.4. The van der Waals surface area contributed by atoms with Gasteiger partial charge in [-0.1, -0.05) is 32.9 Å². The van der Waals surface area contributed by atoms with E-state index in [1.807, 2.05) is 31.2 Å². The van der Waals surface area contributed by atoms with Crippen LogP contribution < -0.4 is 4.90 Å². The van der Waals surface area contributed by atoms with Gasteiger partial charge in [0.15, 0.2) is 0 Å². The van der Waals surface area contributed by atoms with Gasteiger partial charge in [0.25, 0.3) is 5.91 Å². The third-order valence-corrected chi connectivity index (χ3v) is 7.39. The molecule has 1 unspecified atom stereocenters. The number of aromatic hydroxyl groups is 1. The van der Waals surface area contributed by atoms with E-state index in [0.29, 0.717) is 37.4 Å². The molecule has 2 heterocycles. The summed E-state index contributed by atoms with van der Waals surface area (Å²) in [5.74, 6) is 0.692. The van der Waals surface area contributed by atoms with Crippen LogP contribution in [-0.2, 0) is 17.6 Å². The molecule has 35 heavy (non-hydrogen) atoms. The maximum Gasteiger partial charge on any atom is 0.274 e. The van der Waals surface area contributed by atoms with Gasteiger partial charge >= 0.3 is 0 Å². The minimum Gasteiger partial charge on any atom is -0.508 e. The normalized spacial score (nSPS) is 17.0. The lowest BCUT2D eigenvalue weighted by Crippen LogP contribution is -2.30. The third-order valence-electron chi connectivity index (χ3n) is 7.01. The van der Waals surface area contributed by atoms with Gasteiger partial charge in [0.1, 0.15) is 17.2 Å². The molecule has 0 spiro atoms. The lowest BCUT2D eigenvalue weighted by Gasteiger charge is -2.18. The van der Waals surface area contributed by atoms with Crippen molar-refractivity contribution in [3.05, 3.63) is 64.4 Å². The SMILES string of the molecule is CC1=CCc2c(O)cc3c(c21)C(CCl)CN3C(=O)c1cc2cc(CC(=O)CC(C)(C)C)ccc2[nH]1. The van der Waals surface area contributed by atoms with Gasteiger partial charge in [-0.3, -0.25) is 9.59 Å². The molecule has 5 nitrogen and oxygen atoms in total. The average molecular weight is 491 g/mol. The Morgan fingerprint density at radius 1 is 1.20 bits per heavy atom. The van der Waals surface area contributed by atoms with Crippen molar-refractivity contribution in [2.45, 2.75) is 52.9 Å². The van der Waals surface area contributed by atoms with Crippen molar-refractivity contribution in [3.63, 3.8) is 0 Å². The number of phenols is 1. The highest BCUT2D eigenvalue weighted by Gasteiger charge is 2.38. The van der Waals surface area contributed by atoms with E-state index in [9.17, 15) is 14.7 Å². The highest BCUT2D eigenvalue weighted by atomic mass is 35.5. The summed E-state index contributed by atoms with van der Waals surface area (Å²) in [6.07, 6.45) is 3.73. The molecule has 5 rings (SSSR count). The summed E-state index contributed by atoms with van der Waals surface area (Å²) in [5.41, 5.74) is 7.12. The summed E-state index contributed by atoms with van der Waals surface area (Å²) in [6, 6.07) is 9.42. The Morgan fingerprint density at radius 2 is 1.97 bits per heavy atom. The molecule has 182 valence electrons. The molecule has 0 saturated heterocycles. The second kappa shape index (κ2) is 8.56. The Labute approximate surface area is 210 Å². The number of halogens is 1. The molecule has 6 heteroatoms. The fourth-order valence-electron chi connectivity index (χ4n) is 5.53. The minimum absolute atomic E-state index is 0.0104. The molecule has 2 aromatic carbocycles. The summed E-state index contributed by atoms with van der Waals surface area (Å²) >= 11 is 6.35. The van der Waals surface area contributed by atoms with Crippen molar-refractivity contribution in [2.24, 2.45) is 5.41 Å². The van der Waals surface area contributed by atoms with Gasteiger partial charge in [-0.15, -0.1) is 11.6 Å². The molecule has 2 aliphatic rings. The first kappa shape index (κ1) is 23.7. The van der Waals surface area contributed by atoms with Gasteiger partial charge < -0.3 is 15.0 Å². The second-order valence-electron chi connectivity index (χ2n) is 11.1. The highest BCUT2D eigenvalue weighted by Crippen LogP contribution is 2.48. The van der Waals surface area contributed by atoms with Crippen LogP contribution in [0.15, 0.2) is 36.4 Å². The maximum atomic E-state index is 13.7. The lowest BCUT2D eigenvalue weighted by atomic mass is 9.88. The van der Waals surface area contributed by atoms with Crippen LogP contribution in [0.5, 0.6) is 5.75 Å². The number of hydrogen-bond acceptors (Lipinski definition) is 3. The largest absolute Gasteiger partial charge is 0.508 e. The van der Waals surface area contributed by atoms with Crippen molar-refractivity contribution >= 4 is 45.5 Å². The molecule has 1 aliphatic heterocycles. The predicted molar refractivity (Wildman–Crippen MR) is 142 cm³/mol. The van der Waals surface area contributed by atoms with E-state index in [-0.39, 0.29) is 28.8 Å². The number of allylic oxidation sites excluding steroid dienone is 2. The molecular weight excluding hydrogens is 460 g/mol. The van der Waals surface area contributed by atoms with Crippen LogP contribution in [0.1, 0.15) is 72.8 Å². The van der Waals surface area contributed by atoms with Crippen LogP contribution in [0.25, 0.3) is 16.5 Å². The summed E-state index contributed by atoms with van der Waals surface area (Å²) in [7, 11) is 0. The number of Topliss-reactive ketones (excluding diaryl/α,β-unsaturated/α-hetero) is 1. The van der Waals surface area contributed by atoms with Gasteiger partial charge in [0.05, 0.1) is 5.69 Å². The minimum atomic E-state index is -0.153. The monoisotopic (exact) mass is 490 g/mol. The molecule has 3 aromatic rings. The van der Waals surface area contributed by atoms with Crippen LogP contribution in [0, 0.1) is 5.41 Å². The first-order valence-electron chi connectivity index (χ1n) is 12.1. The van der Waals surface area contributed by atoms with Crippen molar-refractivity contribution in [1.29, 1.82) is 0 Å². The number of nitrogens with one attached hydrogen (secondary N) is 1. The van der Waals surface area contributed by atoms with E-state index < -0.39 is 0 Å². The standard InChI is InChI=1S/C29H31ClN2O3/c1-16-5-7-21-25(34)12-24-27(26(16)21)19(14-30)15-32(24)28(35)23-11-18-9-17(6-8-22(18)31-23)10-20(33)13-29(2,3)4/h5-6,8-9,11-12,19,31,34H,7,10,13-15H2,1-4H3. The van der Waals surface area contributed by atoms with Gasteiger partial charge in [-0.05, 0) is 59.2 Å². The molecule has 0 saturated carbocycles. The topological polar surface area (TPSA) is 73.4 Å². The van der Waals surface area contributed by atoms with Crippen LogP contribution in [0.4, 0.5) is 5.69 Å². The van der Waals surface area contributed by atoms with Gasteiger partial charge in [-0.25, -0.2) is 0 Å². The summed E-state index contributed by atoms with van der Waals surface area (Å²) < 4.78 is 0. The van der Waals surface area contributed by atoms with Gasteiger partial charge in [0.2, 0.25) is 0 Å². The Balaban J connectivity index is 1.46. The highest BCUT2D eigenvalue weighted by molar-refractivity contribution is 6.19. The number of hydrogen-bond donors (Lipinski definition) is 2. The van der Waals surface area contributed by atoms with Crippen molar-refractivity contribution in [3.8, 4) is 5.75 Å². The summed E-state index contributed by atoms with van der Waals surface area (Å²) in [5, 5.41) is 11.6. The number of carbonyl (C=O) groups excluding carboxylic acids is 2. The average Bonchev–Trinajstić information content (AvgIpc) is 3.46. The molecule has 1 aromatic heterocycles. The third kappa shape index (κ3) is 4.27. The first-order chi connectivity index (χ1) is 16.6. The Bertz CT molecular complexity index is 1390. The number of carbonyl (C=O) groups is 2. The maximum absolute atomic E-state index is 13.7. The van der Waals surface area contributed by atoms with Crippen LogP contribution >= 0.6 is 11.6 Å². The molecule has 1 aliphatic carbocycles. The number of benzene rings is 2. The molecule has 0 radical (unpaired) electrons. The lowest BCUT2D eigenvalue weighted by molar-refractivity contribution is -0.120. The second-order valence-corrected chi connectivity index (χ2v) is 11.4. The smallest absolute Gasteiger partial charge is 0.274 e. The first-order valence-corrected chi connectivity index (χ1v) is 12.7. The molecule has 1 amide bonds. The van der Waals surface area contributed by atoms with Crippen molar-refractivity contribution < 1.29 is 14.7 Å². The zero-order chi connectivity index (χ0) is 25.1. The Hall–Kier alpha value is -3.05. The number of fused-ring (bicyclic) bond motifs is 4. The predicted octanol–water partition coefficient (Wildman–Crippen LogP) is 6.36. The Morgan fingerprint density at radius 3 is 2.69 bits per heavy atom. The number of phenolic OH excluding ortho intramolecular Hbond substituents is 1. The fourth-order valence-corrected chi connectivity index (χ4v) is 5.78. The Kier molecular flexibility index (Phi) is 5.79. The van der Waals surface area contributed by atoms with E-state index >= 15 is 0 Å². The molecule has 0 fully saturated rings. The van der Waals surface area contributed by atoms with Crippen LogP contribution in [0.3, 0.4) is 0 Å². The van der Waals surface area contributed by atoms with Crippen molar-refractivity contribution in [2.75, 3.05) is 17.3 Å². The summed E-state index contributed by atoms with van der Waals surface area (Å²) in [4.78, 5) is 31.1. The number of nitrogens with zero attached hydrogens (tertiary/aromatic N) is 1. The van der Waals surface area contributed by atoms with Gasteiger partial charge in [0, 0.05) is 53.7 Å². The van der Waals surface area contributed by atoms with Crippen LogP contribution in [-0.4, -0.2) is 34.2 Å². The van der Waals surface area contributed by atoms with Crippen molar-refractivity contribution in [1.82, 2.24) is 4.98 Å². The van der Waals surface area contributed by atoms with E-state index in [0.717, 1.165) is 44.4 Å². The summed E-state index contributed by atoms with van der Waals surface area (Å²) in [6.45, 7) is 8.71. The molecule has 1 atom stereocenters. The zero-order valence-electron chi connectivity index (χ0n) is 20.7. The number of alkyl halides is 1. The van der Waals surface area contributed by atoms with E-state index in [1.165, 1.54) is 0 Å². The number of aromatic amines is 1. The van der Waals surface area contributed by atoms with E-state index in [2.05, 4.69) is 31.8 Å². The molecular formula is C29H31ClN2O3. The number of amides is 1. The number of anilines is 1. The fraction of sp³-hybridized carbons (Fsp3) is 0.379. The van der Waals surface area contributed by atoms with E-state index in [4.69, 9.17) is 11.6 Å². The molecule has 0 bridgehead atoms. The van der Waals surface area contributed by atoms with Gasteiger partial charge in [-0.2, -0.15) is 0 Å². The number of H-pyrrole nitrogens is 1.